The van der Waals surface area contributed by atoms with Crippen molar-refractivity contribution in [3.63, 3.8) is 0 Å². The summed E-state index contributed by atoms with van der Waals surface area (Å²) in [5.74, 6) is -0.233. The van der Waals surface area contributed by atoms with E-state index in [9.17, 15) is 9.59 Å². The number of nitrogens with zero attached hydrogens (tertiary/aromatic N) is 2. The van der Waals surface area contributed by atoms with Gasteiger partial charge in [0.25, 0.3) is 0 Å². The summed E-state index contributed by atoms with van der Waals surface area (Å²) in [6, 6.07) is 6.25. The number of amides is 2. The molecule has 0 radical (unpaired) electrons. The average molecular weight is 582 g/mol. The third-order valence-corrected chi connectivity index (χ3v) is 8.52. The van der Waals surface area contributed by atoms with Crippen LogP contribution < -0.4 is 5.73 Å². The molecule has 8 heteroatoms. The number of rotatable bonds is 3. The molecule has 2 amide bonds. The Hall–Kier alpha value is -1.44. The van der Waals surface area contributed by atoms with Crippen LogP contribution in [0.25, 0.3) is 0 Å². The van der Waals surface area contributed by atoms with E-state index >= 15 is 0 Å². The highest BCUT2D eigenvalue weighted by Gasteiger charge is 2.49. The topological polar surface area (TPSA) is 76.3 Å². The maximum atomic E-state index is 12.8. The second kappa shape index (κ2) is 8.73. The van der Waals surface area contributed by atoms with Crippen LogP contribution in [0.2, 0.25) is 5.02 Å². The number of carbonyl (C=O) groups excluding carboxylic acids is 2. The van der Waals surface area contributed by atoms with Gasteiger partial charge in [-0.1, -0.05) is 27.5 Å². The normalized spacial score (nSPS) is 25.0. The van der Waals surface area contributed by atoms with Crippen LogP contribution in [0, 0.1) is 17.8 Å². The van der Waals surface area contributed by atoms with Gasteiger partial charge < -0.3 is 10.6 Å². The molecule has 0 spiro atoms. The van der Waals surface area contributed by atoms with E-state index in [-0.39, 0.29) is 29.6 Å². The number of fused-ring (bicyclic) bond motifs is 2. The minimum atomic E-state index is -0.356. The highest BCUT2D eigenvalue weighted by atomic mass is 79.9. The number of benzene rings is 1. The van der Waals surface area contributed by atoms with Gasteiger partial charge in [0.2, 0.25) is 11.8 Å². The number of carbonyl (C=O) groups is 2. The molecular weight excluding hydrogens is 558 g/mol. The number of hydrogen-bond acceptors (Lipinski definition) is 3. The Kier molecular flexibility index (Phi) is 6.10. The number of halogens is 3. The number of piperidine rings is 1. The van der Waals surface area contributed by atoms with Crippen molar-refractivity contribution in [1.29, 1.82) is 0 Å². The number of likely N-dealkylation sites (tertiary alicyclic amines) is 1. The number of primary amides is 1. The molecular formula is C24H24Br2ClN3O2. The van der Waals surface area contributed by atoms with Gasteiger partial charge in [0.1, 0.15) is 0 Å². The van der Waals surface area contributed by atoms with Crippen LogP contribution in [0.3, 0.4) is 0 Å². The molecule has 1 aliphatic heterocycles. The van der Waals surface area contributed by atoms with E-state index in [4.69, 9.17) is 22.3 Å². The van der Waals surface area contributed by atoms with Crippen molar-refractivity contribution < 1.29 is 9.59 Å². The van der Waals surface area contributed by atoms with Crippen LogP contribution >= 0.6 is 43.5 Å². The molecule has 2 N–H and O–H groups in total. The van der Waals surface area contributed by atoms with Gasteiger partial charge in [-0.25, -0.2) is 0 Å². The first kappa shape index (κ1) is 22.4. The van der Waals surface area contributed by atoms with E-state index in [1.807, 2.05) is 17.2 Å². The fraction of sp³-hybridized carbons (Fsp3) is 0.458. The van der Waals surface area contributed by atoms with Crippen molar-refractivity contribution in [1.82, 2.24) is 9.88 Å². The van der Waals surface area contributed by atoms with E-state index in [1.54, 1.807) is 0 Å². The highest BCUT2D eigenvalue weighted by molar-refractivity contribution is 9.10. The number of aromatic nitrogens is 1. The van der Waals surface area contributed by atoms with Gasteiger partial charge in [-0.2, -0.15) is 0 Å². The van der Waals surface area contributed by atoms with Crippen LogP contribution in [0.15, 0.2) is 33.3 Å². The fourth-order valence-corrected chi connectivity index (χ4v) is 7.00. The first-order valence-electron chi connectivity index (χ1n) is 11.0. The van der Waals surface area contributed by atoms with Crippen molar-refractivity contribution >= 4 is 55.3 Å². The predicted molar refractivity (Wildman–Crippen MR) is 130 cm³/mol. The lowest BCUT2D eigenvalue weighted by molar-refractivity contribution is -0.135. The van der Waals surface area contributed by atoms with E-state index in [1.165, 1.54) is 16.7 Å². The Morgan fingerprint density at radius 2 is 1.78 bits per heavy atom. The summed E-state index contributed by atoms with van der Waals surface area (Å²) in [5, 5.41) is 0.739. The van der Waals surface area contributed by atoms with Crippen molar-refractivity contribution in [2.75, 3.05) is 13.1 Å². The summed E-state index contributed by atoms with van der Waals surface area (Å²) in [5.41, 5.74) is 10.3. The molecule has 1 saturated carbocycles. The second-order valence-electron chi connectivity index (χ2n) is 9.15. The van der Waals surface area contributed by atoms with Crippen LogP contribution in [-0.4, -0.2) is 34.8 Å². The summed E-state index contributed by atoms with van der Waals surface area (Å²) >= 11 is 13.8. The predicted octanol–water partition coefficient (Wildman–Crippen LogP) is 4.85. The molecule has 168 valence electrons. The molecule has 2 heterocycles. The first-order chi connectivity index (χ1) is 15.3. The smallest absolute Gasteiger partial charge is 0.226 e. The summed E-state index contributed by atoms with van der Waals surface area (Å²) < 4.78 is 2.02. The lowest BCUT2D eigenvalue weighted by Crippen LogP contribution is -2.41. The Balaban J connectivity index is 1.43. The maximum Gasteiger partial charge on any atom is 0.226 e. The molecule has 1 aromatic heterocycles. The molecule has 2 aromatic rings. The minimum Gasteiger partial charge on any atom is -0.369 e. The third kappa shape index (κ3) is 4.12. The van der Waals surface area contributed by atoms with Crippen LogP contribution in [0.1, 0.15) is 47.6 Å². The third-order valence-electron chi connectivity index (χ3n) is 7.21. The van der Waals surface area contributed by atoms with E-state index in [0.29, 0.717) is 25.4 Å². The maximum absolute atomic E-state index is 12.8. The van der Waals surface area contributed by atoms with Crippen molar-refractivity contribution in [3.8, 4) is 0 Å². The fourth-order valence-electron chi connectivity index (χ4n) is 5.50. The minimum absolute atomic E-state index is 0.0870. The van der Waals surface area contributed by atoms with Crippen LogP contribution in [0.5, 0.6) is 0 Å². The van der Waals surface area contributed by atoms with Gasteiger partial charge in [0, 0.05) is 39.2 Å². The van der Waals surface area contributed by atoms with Crippen molar-refractivity contribution in [3.05, 3.63) is 60.7 Å². The zero-order valence-electron chi connectivity index (χ0n) is 17.5. The zero-order chi connectivity index (χ0) is 22.6. The molecule has 5 rings (SSSR count). The quantitative estimate of drug-likeness (QED) is 0.563. The molecule has 32 heavy (non-hydrogen) atoms. The number of nitrogens with two attached hydrogens (primary N) is 1. The van der Waals surface area contributed by atoms with Crippen LogP contribution in [-0.2, 0) is 22.4 Å². The van der Waals surface area contributed by atoms with Crippen molar-refractivity contribution in [2.24, 2.45) is 23.5 Å². The second-order valence-corrected chi connectivity index (χ2v) is 11.4. The Labute approximate surface area is 209 Å². The largest absolute Gasteiger partial charge is 0.369 e. The van der Waals surface area contributed by atoms with E-state index in [2.05, 4.69) is 44.0 Å². The molecule has 2 aliphatic carbocycles. The average Bonchev–Trinajstić information content (AvgIpc) is 3.57. The van der Waals surface area contributed by atoms with Crippen molar-refractivity contribution in [2.45, 2.75) is 38.0 Å². The zero-order valence-corrected chi connectivity index (χ0v) is 21.4. The molecule has 0 unspecified atom stereocenters. The highest BCUT2D eigenvalue weighted by Crippen LogP contribution is 2.47. The lowest BCUT2D eigenvalue weighted by atomic mass is 9.76. The molecule has 0 bridgehead atoms. The van der Waals surface area contributed by atoms with E-state index in [0.717, 1.165) is 45.3 Å². The van der Waals surface area contributed by atoms with Crippen LogP contribution in [0.4, 0.5) is 0 Å². The van der Waals surface area contributed by atoms with Gasteiger partial charge >= 0.3 is 0 Å². The number of hydrogen-bond donors (Lipinski definition) is 1. The molecule has 2 fully saturated rings. The summed E-state index contributed by atoms with van der Waals surface area (Å²) in [6.07, 6.45) is 6.13. The molecule has 5 nitrogen and oxygen atoms in total. The van der Waals surface area contributed by atoms with E-state index < -0.39 is 0 Å². The number of pyridine rings is 1. The summed E-state index contributed by atoms with van der Waals surface area (Å²) in [6.45, 7) is 1.41. The lowest BCUT2D eigenvalue weighted by Gasteiger charge is -2.37. The van der Waals surface area contributed by atoms with Gasteiger partial charge in [-0.3, -0.25) is 14.6 Å². The van der Waals surface area contributed by atoms with Gasteiger partial charge in [-0.05, 0) is 88.8 Å². The summed E-state index contributed by atoms with van der Waals surface area (Å²) in [7, 11) is 0. The SMILES string of the molecule is NC(=O)[C@@H]1C[C@H]1C(=O)N1CCC([C@H]2c3ncc(Br)cc3CCc3cc(Cl)cc(Br)c32)CC1. The number of aryl methyl sites for hydroxylation is 2. The van der Waals surface area contributed by atoms with Gasteiger partial charge in [0.15, 0.2) is 0 Å². The monoisotopic (exact) mass is 579 g/mol. The van der Waals surface area contributed by atoms with Gasteiger partial charge in [0.05, 0.1) is 17.5 Å². The molecule has 3 atom stereocenters. The Morgan fingerprint density at radius 1 is 1.06 bits per heavy atom. The standard InChI is InChI=1S/C24H24Br2ClN3O2/c25-15-7-14-2-1-13-8-16(27)9-19(26)20(13)21(22(14)29-11-15)12-3-5-30(6-4-12)24(32)18-10-17(18)23(28)31/h7-9,11-12,17-18,21H,1-6,10H2,(H2,28,31)/t17-,18-,21-/m1/s1. The Morgan fingerprint density at radius 3 is 2.47 bits per heavy atom. The van der Waals surface area contributed by atoms with Gasteiger partial charge in [-0.15, -0.1) is 0 Å². The molecule has 1 saturated heterocycles. The summed E-state index contributed by atoms with van der Waals surface area (Å²) in [4.78, 5) is 31.0. The molecule has 3 aliphatic rings. The molecule has 1 aromatic carbocycles. The Bertz CT molecular complexity index is 1100. The first-order valence-corrected chi connectivity index (χ1v) is 13.0.